The number of thiazole rings is 1. The number of aromatic nitrogens is 1. The van der Waals surface area contributed by atoms with Gasteiger partial charge >= 0.3 is 0 Å². The van der Waals surface area contributed by atoms with Gasteiger partial charge in [0, 0.05) is 5.56 Å². The van der Waals surface area contributed by atoms with Crippen LogP contribution in [0.2, 0.25) is 0 Å². The van der Waals surface area contributed by atoms with Crippen molar-refractivity contribution in [3.05, 3.63) is 77.7 Å². The molecule has 0 atom stereocenters. The molecule has 0 aliphatic heterocycles. The number of rotatable bonds is 6. The van der Waals surface area contributed by atoms with Gasteiger partial charge in [-0.3, -0.25) is 0 Å². The number of nitrogens with zero attached hydrogens (tertiary/aromatic N) is 1. The lowest BCUT2D eigenvalue weighted by Crippen LogP contribution is -2.08. The summed E-state index contributed by atoms with van der Waals surface area (Å²) in [5, 5.41) is 3.03. The van der Waals surface area contributed by atoms with E-state index in [1.54, 1.807) is 34.6 Å². The fraction of sp³-hybridized carbons (Fsp3) is 0.174. The minimum atomic E-state index is 0.762. The molecule has 28 heavy (non-hydrogen) atoms. The molecule has 0 unspecified atom stereocenters. The monoisotopic (exact) mass is 420 g/mol. The molecule has 1 aliphatic carbocycles. The first-order chi connectivity index (χ1) is 13.9. The van der Waals surface area contributed by atoms with E-state index in [9.17, 15) is 0 Å². The molecule has 2 nitrogen and oxygen atoms in total. The summed E-state index contributed by atoms with van der Waals surface area (Å²) in [6.07, 6.45) is 4.03. The van der Waals surface area contributed by atoms with E-state index in [-0.39, 0.29) is 0 Å². The molecule has 140 valence electrons. The highest BCUT2D eigenvalue weighted by atomic mass is 32.2. The molecule has 1 aliphatic rings. The number of benzene rings is 2. The van der Waals surface area contributed by atoms with E-state index in [0.717, 1.165) is 16.7 Å². The lowest BCUT2D eigenvalue weighted by Gasteiger charge is -2.25. The summed E-state index contributed by atoms with van der Waals surface area (Å²) in [5.41, 5.74) is 4.93. The summed E-state index contributed by atoms with van der Waals surface area (Å²) in [6, 6.07) is 23.8. The SMILES string of the molecule is c1ccc(-c2sc(NSc3cccs3)nc2-c2ccc(C3CCC3)cc2)cc1. The zero-order chi connectivity index (χ0) is 18.8. The van der Waals surface area contributed by atoms with Crippen molar-refractivity contribution in [2.75, 3.05) is 4.72 Å². The Morgan fingerprint density at radius 1 is 0.893 bits per heavy atom. The van der Waals surface area contributed by atoms with Crippen LogP contribution in [0.1, 0.15) is 30.7 Å². The zero-order valence-electron chi connectivity index (χ0n) is 15.3. The molecule has 2 aromatic carbocycles. The second-order valence-electron chi connectivity index (χ2n) is 6.95. The normalized spacial score (nSPS) is 14.0. The predicted molar refractivity (Wildman–Crippen MR) is 123 cm³/mol. The molecule has 1 fully saturated rings. The zero-order valence-corrected chi connectivity index (χ0v) is 17.7. The van der Waals surface area contributed by atoms with Gasteiger partial charge in [0.05, 0.1) is 14.8 Å². The predicted octanol–water partition coefficient (Wildman–Crippen LogP) is 7.93. The Labute approximate surface area is 177 Å². The number of anilines is 1. The summed E-state index contributed by atoms with van der Waals surface area (Å²) in [4.78, 5) is 6.17. The molecule has 0 radical (unpaired) electrons. The van der Waals surface area contributed by atoms with Crippen molar-refractivity contribution >= 4 is 39.8 Å². The Bertz CT molecular complexity index is 1030. The third-order valence-corrected chi connectivity index (χ3v) is 8.14. The van der Waals surface area contributed by atoms with E-state index in [0.29, 0.717) is 0 Å². The Morgan fingerprint density at radius 3 is 2.39 bits per heavy atom. The van der Waals surface area contributed by atoms with Crippen LogP contribution in [-0.2, 0) is 0 Å². The van der Waals surface area contributed by atoms with Crippen LogP contribution < -0.4 is 4.72 Å². The topological polar surface area (TPSA) is 24.9 Å². The standard InChI is InChI=1S/C23H20N2S3/c1-2-6-19(7-3-1)22-21(18-13-11-17(12-14-18)16-8-4-9-16)24-23(27-22)25-28-20-10-5-15-26-20/h1-3,5-7,10-16H,4,8-9H2,(H,24,25). The van der Waals surface area contributed by atoms with Crippen LogP contribution in [0.5, 0.6) is 0 Å². The molecule has 5 heteroatoms. The van der Waals surface area contributed by atoms with Crippen molar-refractivity contribution in [3.63, 3.8) is 0 Å². The van der Waals surface area contributed by atoms with Gasteiger partial charge in [-0.05, 0) is 53.3 Å². The number of hydrogen-bond acceptors (Lipinski definition) is 5. The minimum absolute atomic E-state index is 0.762. The average Bonchev–Trinajstić information content (AvgIpc) is 3.36. The second kappa shape index (κ2) is 8.11. The molecule has 0 bridgehead atoms. The second-order valence-corrected chi connectivity index (χ2v) is 10.0. The molecule has 2 heterocycles. The smallest absolute Gasteiger partial charge is 0.194 e. The highest BCUT2D eigenvalue weighted by molar-refractivity contribution is 8.02. The summed E-state index contributed by atoms with van der Waals surface area (Å²) < 4.78 is 4.67. The molecule has 1 N–H and O–H groups in total. The van der Waals surface area contributed by atoms with E-state index in [2.05, 4.69) is 76.8 Å². The molecule has 4 aromatic rings. The summed E-state index contributed by atoms with van der Waals surface area (Å²) in [5.74, 6) is 0.762. The quantitative estimate of drug-likeness (QED) is 0.321. The number of hydrogen-bond donors (Lipinski definition) is 1. The third kappa shape index (κ3) is 3.75. The first-order valence-corrected chi connectivity index (χ1v) is 12.0. The highest BCUT2D eigenvalue weighted by Gasteiger charge is 2.20. The Hall–Kier alpha value is -2.08. The number of thiophene rings is 1. The first-order valence-electron chi connectivity index (χ1n) is 9.50. The maximum atomic E-state index is 4.96. The lowest BCUT2D eigenvalue weighted by atomic mass is 9.80. The van der Waals surface area contributed by atoms with Crippen LogP contribution in [0, 0.1) is 0 Å². The molecule has 5 rings (SSSR count). The van der Waals surface area contributed by atoms with Crippen LogP contribution in [0.3, 0.4) is 0 Å². The van der Waals surface area contributed by atoms with E-state index in [1.807, 2.05) is 0 Å². The van der Waals surface area contributed by atoms with Crippen LogP contribution in [-0.4, -0.2) is 4.98 Å². The largest absolute Gasteiger partial charge is 0.301 e. The van der Waals surface area contributed by atoms with Crippen molar-refractivity contribution in [2.24, 2.45) is 0 Å². The van der Waals surface area contributed by atoms with Gasteiger partial charge in [0.25, 0.3) is 0 Å². The van der Waals surface area contributed by atoms with Crippen LogP contribution in [0.15, 0.2) is 76.3 Å². The fourth-order valence-electron chi connectivity index (χ4n) is 3.41. The van der Waals surface area contributed by atoms with Gasteiger partial charge in [-0.25, -0.2) is 4.98 Å². The Balaban J connectivity index is 1.47. The first kappa shape index (κ1) is 18.0. The molecule has 2 aromatic heterocycles. The summed E-state index contributed by atoms with van der Waals surface area (Å²) in [6.45, 7) is 0. The van der Waals surface area contributed by atoms with Crippen molar-refractivity contribution in [3.8, 4) is 21.7 Å². The van der Waals surface area contributed by atoms with Gasteiger partial charge < -0.3 is 4.72 Å². The van der Waals surface area contributed by atoms with E-state index in [4.69, 9.17) is 4.98 Å². The van der Waals surface area contributed by atoms with Gasteiger partial charge in [0.1, 0.15) is 0 Å². The van der Waals surface area contributed by atoms with E-state index >= 15 is 0 Å². The molecular formula is C23H20N2S3. The van der Waals surface area contributed by atoms with Gasteiger partial charge in [-0.15, -0.1) is 11.3 Å². The molecular weight excluding hydrogens is 400 g/mol. The Morgan fingerprint density at radius 2 is 1.71 bits per heavy atom. The van der Waals surface area contributed by atoms with Gasteiger partial charge in [-0.2, -0.15) is 0 Å². The van der Waals surface area contributed by atoms with E-state index in [1.165, 1.54) is 45.0 Å². The molecule has 0 saturated heterocycles. The minimum Gasteiger partial charge on any atom is -0.301 e. The van der Waals surface area contributed by atoms with Gasteiger partial charge in [0.2, 0.25) is 0 Å². The average molecular weight is 421 g/mol. The lowest BCUT2D eigenvalue weighted by molar-refractivity contribution is 0.420. The van der Waals surface area contributed by atoms with Gasteiger partial charge in [-0.1, -0.05) is 78.4 Å². The van der Waals surface area contributed by atoms with Crippen molar-refractivity contribution in [1.82, 2.24) is 4.98 Å². The van der Waals surface area contributed by atoms with Crippen molar-refractivity contribution in [1.29, 1.82) is 0 Å². The highest BCUT2D eigenvalue weighted by Crippen LogP contribution is 2.42. The van der Waals surface area contributed by atoms with Crippen LogP contribution >= 0.6 is 34.6 Å². The summed E-state index contributed by atoms with van der Waals surface area (Å²) >= 11 is 5.08. The Kier molecular flexibility index (Phi) is 5.21. The summed E-state index contributed by atoms with van der Waals surface area (Å²) in [7, 11) is 0. The fourth-order valence-corrected chi connectivity index (χ4v) is 5.86. The molecule has 0 spiro atoms. The van der Waals surface area contributed by atoms with Crippen LogP contribution in [0.4, 0.5) is 5.13 Å². The molecule has 1 saturated carbocycles. The van der Waals surface area contributed by atoms with Crippen molar-refractivity contribution in [2.45, 2.75) is 29.4 Å². The third-order valence-electron chi connectivity index (χ3n) is 5.16. The van der Waals surface area contributed by atoms with Gasteiger partial charge in [0.15, 0.2) is 5.13 Å². The molecule has 0 amide bonds. The maximum absolute atomic E-state index is 4.96. The van der Waals surface area contributed by atoms with E-state index < -0.39 is 0 Å². The number of nitrogens with one attached hydrogen (secondary N) is 1. The van der Waals surface area contributed by atoms with Crippen molar-refractivity contribution < 1.29 is 0 Å². The maximum Gasteiger partial charge on any atom is 0.194 e. The van der Waals surface area contributed by atoms with Crippen LogP contribution in [0.25, 0.3) is 21.7 Å².